The van der Waals surface area contributed by atoms with Crippen molar-refractivity contribution in [1.82, 2.24) is 0 Å². The van der Waals surface area contributed by atoms with Crippen molar-refractivity contribution in [2.45, 2.75) is 30.8 Å². The fourth-order valence-electron chi connectivity index (χ4n) is 3.54. The van der Waals surface area contributed by atoms with E-state index < -0.39 is 11.2 Å². The Hall–Kier alpha value is -2.18. The summed E-state index contributed by atoms with van der Waals surface area (Å²) in [5.74, 6) is -0.272. The van der Waals surface area contributed by atoms with Crippen molar-refractivity contribution in [3.05, 3.63) is 58.6 Å². The van der Waals surface area contributed by atoms with Crippen LogP contribution in [0, 0.1) is 5.92 Å². The van der Waals surface area contributed by atoms with Gasteiger partial charge in [-0.25, -0.2) is 0 Å². The number of benzene rings is 2. The molecule has 1 heterocycles. The molecular weight excluding hydrogens is 410 g/mol. The number of amides is 1. The lowest BCUT2D eigenvalue weighted by atomic mass is 10.00. The number of ether oxygens (including phenoxy) is 1. The van der Waals surface area contributed by atoms with E-state index in [0.717, 1.165) is 16.8 Å². The predicted octanol–water partition coefficient (Wildman–Crippen LogP) is 5.02. The summed E-state index contributed by atoms with van der Waals surface area (Å²) in [4.78, 5) is 26.6. The lowest BCUT2D eigenvalue weighted by Gasteiger charge is -2.27. The van der Waals surface area contributed by atoms with Crippen molar-refractivity contribution in [3.63, 3.8) is 0 Å². The second-order valence-electron chi connectivity index (χ2n) is 7.39. The number of carbonyl (C=O) groups excluding carboxylic acids is 1. The molecule has 5 nitrogen and oxygen atoms in total. The standard InChI is InChI=1S/C22H24ClNO4S/c1-13(2)12-24-17-9-8-14(23)10-16(17)21(15-6-4-5-7-18(15)28-3)29-19(22(24)27)11-20(25)26/h4-10,13,19,21H,11-12H2,1-3H3,(H,25,26). The van der Waals surface area contributed by atoms with E-state index in [1.54, 1.807) is 18.1 Å². The number of aliphatic carboxylic acids is 1. The summed E-state index contributed by atoms with van der Waals surface area (Å²) in [6.07, 6.45) is -0.245. The molecule has 2 aromatic rings. The molecule has 1 N–H and O–H groups in total. The van der Waals surface area contributed by atoms with Crippen molar-refractivity contribution >= 4 is 40.9 Å². The highest BCUT2D eigenvalue weighted by molar-refractivity contribution is 8.01. The van der Waals surface area contributed by atoms with E-state index in [-0.39, 0.29) is 23.5 Å². The third-order valence-corrected chi connectivity index (χ3v) is 6.45. The fourth-order valence-corrected chi connectivity index (χ4v) is 5.21. The highest BCUT2D eigenvalue weighted by atomic mass is 35.5. The van der Waals surface area contributed by atoms with Crippen molar-refractivity contribution < 1.29 is 19.4 Å². The van der Waals surface area contributed by atoms with Crippen LogP contribution in [0.3, 0.4) is 0 Å². The first-order valence-electron chi connectivity index (χ1n) is 9.42. The van der Waals surface area contributed by atoms with Crippen LogP contribution in [-0.2, 0) is 9.59 Å². The Balaban J connectivity index is 2.22. The number of rotatable bonds is 6. The highest BCUT2D eigenvalue weighted by Crippen LogP contribution is 2.49. The average molecular weight is 434 g/mol. The van der Waals surface area contributed by atoms with Crippen molar-refractivity contribution in [2.24, 2.45) is 5.92 Å². The minimum Gasteiger partial charge on any atom is -0.496 e. The third kappa shape index (κ3) is 4.70. The summed E-state index contributed by atoms with van der Waals surface area (Å²) in [6.45, 7) is 4.57. The average Bonchev–Trinajstić information content (AvgIpc) is 2.77. The number of nitrogens with zero attached hydrogens (tertiary/aromatic N) is 1. The zero-order valence-corrected chi connectivity index (χ0v) is 18.2. The van der Waals surface area contributed by atoms with Crippen LogP contribution in [0.25, 0.3) is 0 Å². The quantitative estimate of drug-likeness (QED) is 0.693. The van der Waals surface area contributed by atoms with E-state index in [9.17, 15) is 14.7 Å². The Kier molecular flexibility index (Phi) is 6.75. The molecule has 1 amide bonds. The number of para-hydroxylation sites is 1. The molecule has 0 saturated heterocycles. The smallest absolute Gasteiger partial charge is 0.305 e. The van der Waals surface area contributed by atoms with Crippen LogP contribution in [0.5, 0.6) is 5.75 Å². The van der Waals surface area contributed by atoms with Gasteiger partial charge in [-0.2, -0.15) is 0 Å². The largest absolute Gasteiger partial charge is 0.496 e. The van der Waals surface area contributed by atoms with Gasteiger partial charge in [-0.3, -0.25) is 9.59 Å². The van der Waals surface area contributed by atoms with Gasteiger partial charge in [-0.1, -0.05) is 43.6 Å². The molecule has 0 saturated carbocycles. The van der Waals surface area contributed by atoms with Gasteiger partial charge in [0.25, 0.3) is 0 Å². The van der Waals surface area contributed by atoms with Crippen molar-refractivity contribution in [1.29, 1.82) is 0 Å². The molecule has 0 aliphatic carbocycles. The minimum atomic E-state index is -0.997. The predicted molar refractivity (Wildman–Crippen MR) is 117 cm³/mol. The third-order valence-electron chi connectivity index (χ3n) is 4.73. The van der Waals surface area contributed by atoms with Gasteiger partial charge in [0.1, 0.15) is 5.75 Å². The normalized spacial score (nSPS) is 19.1. The van der Waals surface area contributed by atoms with Crippen molar-refractivity contribution in [3.8, 4) is 5.75 Å². The van der Waals surface area contributed by atoms with Crippen LogP contribution >= 0.6 is 23.4 Å². The van der Waals surface area contributed by atoms with Gasteiger partial charge in [0.15, 0.2) is 0 Å². The molecule has 2 unspecified atom stereocenters. The number of methoxy groups -OCH3 is 1. The monoisotopic (exact) mass is 433 g/mol. The van der Waals surface area contributed by atoms with E-state index in [0.29, 0.717) is 17.3 Å². The number of anilines is 1. The zero-order valence-electron chi connectivity index (χ0n) is 16.6. The molecule has 1 aliphatic rings. The van der Waals surface area contributed by atoms with Crippen LogP contribution in [0.15, 0.2) is 42.5 Å². The Labute approximate surface area is 180 Å². The first-order chi connectivity index (χ1) is 13.8. The number of carbonyl (C=O) groups is 2. The molecule has 2 atom stereocenters. The van der Waals surface area contributed by atoms with E-state index in [2.05, 4.69) is 0 Å². The van der Waals surface area contributed by atoms with Crippen molar-refractivity contribution in [2.75, 3.05) is 18.6 Å². The molecule has 0 aromatic heterocycles. The maximum Gasteiger partial charge on any atom is 0.305 e. The van der Waals surface area contributed by atoms with Crippen LogP contribution in [0.4, 0.5) is 5.69 Å². The number of thioether (sulfide) groups is 1. The molecule has 1 aliphatic heterocycles. The van der Waals surface area contributed by atoms with Gasteiger partial charge < -0.3 is 14.7 Å². The lowest BCUT2D eigenvalue weighted by Crippen LogP contribution is -2.40. The number of hydrogen-bond donors (Lipinski definition) is 1. The summed E-state index contributed by atoms with van der Waals surface area (Å²) < 4.78 is 5.56. The zero-order chi connectivity index (χ0) is 21.1. The lowest BCUT2D eigenvalue weighted by molar-refractivity contribution is -0.138. The molecule has 0 bridgehead atoms. The summed E-state index contributed by atoms with van der Waals surface area (Å²) >= 11 is 7.67. The number of carboxylic acids is 1. The highest BCUT2D eigenvalue weighted by Gasteiger charge is 2.38. The first-order valence-corrected chi connectivity index (χ1v) is 10.7. The number of halogens is 1. The van der Waals surface area contributed by atoms with Crippen LogP contribution < -0.4 is 9.64 Å². The van der Waals surface area contributed by atoms with Gasteiger partial charge in [0, 0.05) is 22.8 Å². The van der Waals surface area contributed by atoms with E-state index in [1.807, 2.05) is 50.2 Å². The fraction of sp³-hybridized carbons (Fsp3) is 0.364. The molecule has 3 rings (SSSR count). The Bertz CT molecular complexity index is 917. The topological polar surface area (TPSA) is 66.8 Å². The molecule has 29 heavy (non-hydrogen) atoms. The molecule has 7 heteroatoms. The Morgan fingerprint density at radius 1 is 1.24 bits per heavy atom. The summed E-state index contributed by atoms with van der Waals surface area (Å²) in [5, 5.41) is 9.00. The maximum atomic E-state index is 13.4. The van der Waals surface area contributed by atoms with Gasteiger partial charge in [-0.05, 0) is 35.7 Å². The van der Waals surface area contributed by atoms with E-state index in [4.69, 9.17) is 16.3 Å². The van der Waals surface area contributed by atoms with Crippen LogP contribution in [0.1, 0.15) is 36.6 Å². The molecule has 0 fully saturated rings. The molecule has 0 radical (unpaired) electrons. The maximum absolute atomic E-state index is 13.4. The van der Waals surface area contributed by atoms with E-state index in [1.165, 1.54) is 11.8 Å². The first kappa shape index (κ1) is 21.5. The number of carboxylic acid groups (broad SMARTS) is 1. The second kappa shape index (κ2) is 9.09. The van der Waals surface area contributed by atoms with Gasteiger partial charge >= 0.3 is 5.97 Å². The number of hydrogen-bond acceptors (Lipinski definition) is 4. The van der Waals surface area contributed by atoms with Gasteiger partial charge in [0.2, 0.25) is 5.91 Å². The van der Waals surface area contributed by atoms with E-state index >= 15 is 0 Å². The summed E-state index contributed by atoms with van der Waals surface area (Å²) in [7, 11) is 1.60. The molecule has 2 aromatic carbocycles. The molecular formula is C22H24ClNO4S. The Morgan fingerprint density at radius 2 is 1.97 bits per heavy atom. The van der Waals surface area contributed by atoms with Crippen LogP contribution in [0.2, 0.25) is 5.02 Å². The van der Waals surface area contributed by atoms with Gasteiger partial charge in [-0.15, -0.1) is 11.8 Å². The minimum absolute atomic E-state index is 0.188. The van der Waals surface area contributed by atoms with Crippen LogP contribution in [-0.4, -0.2) is 35.9 Å². The Morgan fingerprint density at radius 3 is 2.62 bits per heavy atom. The summed E-state index contributed by atoms with van der Waals surface area (Å²) in [5.41, 5.74) is 2.54. The second-order valence-corrected chi connectivity index (χ2v) is 9.14. The SMILES string of the molecule is COc1ccccc1C1SC(CC(=O)O)C(=O)N(CC(C)C)c2ccc(Cl)cc21. The molecule has 154 valence electrons. The summed E-state index contributed by atoms with van der Waals surface area (Å²) in [6, 6.07) is 13.1. The molecule has 0 spiro atoms. The van der Waals surface area contributed by atoms with Gasteiger partial charge in [0.05, 0.1) is 24.0 Å². The number of fused-ring (bicyclic) bond motifs is 1.